The average molecular weight is 206 g/mol. The van der Waals surface area contributed by atoms with Crippen LogP contribution in [-0.4, -0.2) is 30.5 Å². The van der Waals surface area contributed by atoms with Crippen molar-refractivity contribution in [1.82, 2.24) is 4.90 Å². The lowest BCUT2D eigenvalue weighted by Gasteiger charge is -2.30. The van der Waals surface area contributed by atoms with Crippen LogP contribution < -0.4 is 10.5 Å². The normalized spacial score (nSPS) is 14.9. The zero-order valence-corrected chi connectivity index (χ0v) is 8.48. The number of benzene rings is 1. The summed E-state index contributed by atoms with van der Waals surface area (Å²) < 4.78 is 5.47. The van der Waals surface area contributed by atoms with Crippen molar-refractivity contribution < 1.29 is 9.53 Å². The number of hydrogen-bond acceptors (Lipinski definition) is 3. The van der Waals surface area contributed by atoms with E-state index in [1.165, 1.54) is 0 Å². The van der Waals surface area contributed by atoms with Crippen LogP contribution in [0.3, 0.4) is 0 Å². The lowest BCUT2D eigenvalue weighted by atomic mass is 10.2. The molecule has 2 N–H and O–H groups in total. The predicted molar refractivity (Wildman–Crippen MR) is 57.5 cm³/mol. The van der Waals surface area contributed by atoms with E-state index >= 15 is 0 Å². The molecule has 0 bridgehead atoms. The molecule has 1 aliphatic rings. The van der Waals surface area contributed by atoms with Crippen molar-refractivity contribution in [2.24, 2.45) is 0 Å². The Kier molecular flexibility index (Phi) is 2.76. The lowest BCUT2D eigenvalue weighted by molar-refractivity contribution is -0.140. The smallest absolute Gasteiger partial charge is 0.224 e. The Morgan fingerprint density at radius 1 is 1.47 bits per heavy atom. The van der Waals surface area contributed by atoms with Gasteiger partial charge >= 0.3 is 0 Å². The molecule has 0 spiro atoms. The molecule has 1 heterocycles. The first kappa shape index (κ1) is 9.83. The number of anilines is 1. The van der Waals surface area contributed by atoms with Gasteiger partial charge in [-0.2, -0.15) is 0 Å². The highest BCUT2D eigenvalue weighted by Gasteiger charge is 2.22. The number of amides is 1. The van der Waals surface area contributed by atoms with Crippen molar-refractivity contribution >= 4 is 11.6 Å². The van der Waals surface area contributed by atoms with E-state index in [1.54, 1.807) is 11.0 Å². The van der Waals surface area contributed by atoms with E-state index in [0.29, 0.717) is 25.3 Å². The van der Waals surface area contributed by atoms with E-state index in [2.05, 4.69) is 0 Å². The molecule has 4 heteroatoms. The maximum Gasteiger partial charge on any atom is 0.224 e. The van der Waals surface area contributed by atoms with E-state index in [1.807, 2.05) is 18.2 Å². The first-order chi connectivity index (χ1) is 7.25. The fourth-order valence-corrected chi connectivity index (χ4v) is 1.48. The molecule has 1 fully saturated rings. The summed E-state index contributed by atoms with van der Waals surface area (Å²) in [5, 5.41) is 0. The van der Waals surface area contributed by atoms with Crippen LogP contribution in [-0.2, 0) is 4.79 Å². The van der Waals surface area contributed by atoms with Crippen LogP contribution in [0.1, 0.15) is 6.42 Å². The fraction of sp³-hybridized carbons (Fsp3) is 0.364. The molecular formula is C11H14N2O2. The molecule has 1 amide bonds. The van der Waals surface area contributed by atoms with Gasteiger partial charge in [0.05, 0.1) is 6.54 Å². The molecule has 0 saturated carbocycles. The highest BCUT2D eigenvalue weighted by molar-refractivity contribution is 5.81. The van der Waals surface area contributed by atoms with Crippen molar-refractivity contribution in [2.75, 3.05) is 25.4 Å². The van der Waals surface area contributed by atoms with E-state index in [4.69, 9.17) is 10.5 Å². The molecule has 0 aromatic heterocycles. The van der Waals surface area contributed by atoms with E-state index in [0.717, 1.165) is 12.3 Å². The number of β-lactam (4-membered cyclic amide) rings is 1. The van der Waals surface area contributed by atoms with E-state index in [9.17, 15) is 4.79 Å². The summed E-state index contributed by atoms with van der Waals surface area (Å²) in [4.78, 5) is 12.8. The molecule has 1 aromatic rings. The summed E-state index contributed by atoms with van der Waals surface area (Å²) in [6, 6.07) is 7.29. The number of ether oxygens (including phenoxy) is 1. The number of hydrogen-bond donors (Lipinski definition) is 1. The van der Waals surface area contributed by atoms with Gasteiger partial charge in [-0.15, -0.1) is 0 Å². The second-order valence-electron chi connectivity index (χ2n) is 3.55. The predicted octanol–water partition coefficient (Wildman–Crippen LogP) is 0.880. The second-order valence-corrected chi connectivity index (χ2v) is 3.55. The van der Waals surface area contributed by atoms with Crippen molar-refractivity contribution in [1.29, 1.82) is 0 Å². The average Bonchev–Trinajstić information content (AvgIpc) is 2.22. The Balaban J connectivity index is 1.76. The van der Waals surface area contributed by atoms with Crippen LogP contribution in [0.15, 0.2) is 24.3 Å². The number of carbonyl (C=O) groups is 1. The van der Waals surface area contributed by atoms with Crippen LogP contribution in [0.4, 0.5) is 5.69 Å². The maximum atomic E-state index is 11.0. The summed E-state index contributed by atoms with van der Waals surface area (Å²) in [5.41, 5.74) is 6.29. The maximum absolute atomic E-state index is 11.0. The third-order valence-corrected chi connectivity index (χ3v) is 2.44. The largest absolute Gasteiger partial charge is 0.492 e. The van der Waals surface area contributed by atoms with E-state index in [-0.39, 0.29) is 5.91 Å². The van der Waals surface area contributed by atoms with Gasteiger partial charge in [0.25, 0.3) is 0 Å². The lowest BCUT2D eigenvalue weighted by Crippen LogP contribution is -2.45. The number of nitrogens with two attached hydrogens (primary N) is 1. The number of nitrogen functional groups attached to an aromatic ring is 1. The van der Waals surface area contributed by atoms with Crippen molar-refractivity contribution in [2.45, 2.75) is 6.42 Å². The SMILES string of the molecule is Nc1cccc(OCCN2CCC2=O)c1. The van der Waals surface area contributed by atoms with Crippen molar-refractivity contribution in [3.8, 4) is 5.75 Å². The summed E-state index contributed by atoms with van der Waals surface area (Å²) in [6.07, 6.45) is 0.679. The zero-order valence-electron chi connectivity index (χ0n) is 8.48. The molecule has 0 radical (unpaired) electrons. The third-order valence-electron chi connectivity index (χ3n) is 2.44. The number of rotatable bonds is 4. The van der Waals surface area contributed by atoms with Crippen LogP contribution in [0.5, 0.6) is 5.75 Å². The minimum atomic E-state index is 0.214. The van der Waals surface area contributed by atoms with Crippen molar-refractivity contribution in [3.63, 3.8) is 0 Å². The summed E-state index contributed by atoms with van der Waals surface area (Å²) in [5.74, 6) is 0.967. The van der Waals surface area contributed by atoms with Gasteiger partial charge in [0.15, 0.2) is 0 Å². The Labute approximate surface area is 88.6 Å². The van der Waals surface area contributed by atoms with Gasteiger partial charge < -0.3 is 15.4 Å². The Bertz CT molecular complexity index is 365. The van der Waals surface area contributed by atoms with Crippen LogP contribution in [0, 0.1) is 0 Å². The Morgan fingerprint density at radius 3 is 2.93 bits per heavy atom. The third kappa shape index (κ3) is 2.40. The molecule has 2 rings (SSSR count). The summed E-state index contributed by atoms with van der Waals surface area (Å²) in [6.45, 7) is 2.04. The molecular weight excluding hydrogens is 192 g/mol. The van der Waals surface area contributed by atoms with Gasteiger partial charge in [-0.3, -0.25) is 4.79 Å². The molecule has 80 valence electrons. The quantitative estimate of drug-likeness (QED) is 0.587. The highest BCUT2D eigenvalue weighted by atomic mass is 16.5. The molecule has 0 aliphatic carbocycles. The van der Waals surface area contributed by atoms with Gasteiger partial charge in [0.2, 0.25) is 5.91 Å². The van der Waals surface area contributed by atoms with Gasteiger partial charge in [-0.05, 0) is 12.1 Å². The number of likely N-dealkylation sites (tertiary alicyclic amines) is 1. The Morgan fingerprint density at radius 2 is 2.33 bits per heavy atom. The Hall–Kier alpha value is -1.71. The molecule has 1 aliphatic heterocycles. The van der Waals surface area contributed by atoms with Gasteiger partial charge in [0.1, 0.15) is 12.4 Å². The van der Waals surface area contributed by atoms with Gasteiger partial charge in [-0.1, -0.05) is 6.07 Å². The first-order valence-corrected chi connectivity index (χ1v) is 5.02. The minimum Gasteiger partial charge on any atom is -0.492 e. The molecule has 15 heavy (non-hydrogen) atoms. The number of nitrogens with zero attached hydrogens (tertiary/aromatic N) is 1. The van der Waals surface area contributed by atoms with Crippen LogP contribution >= 0.6 is 0 Å². The molecule has 0 atom stereocenters. The van der Waals surface area contributed by atoms with Crippen LogP contribution in [0.2, 0.25) is 0 Å². The molecule has 1 saturated heterocycles. The fourth-order valence-electron chi connectivity index (χ4n) is 1.48. The van der Waals surface area contributed by atoms with Gasteiger partial charge in [0, 0.05) is 24.7 Å². The zero-order chi connectivity index (χ0) is 10.7. The molecule has 4 nitrogen and oxygen atoms in total. The summed E-state index contributed by atoms with van der Waals surface area (Å²) >= 11 is 0. The first-order valence-electron chi connectivity index (χ1n) is 5.02. The monoisotopic (exact) mass is 206 g/mol. The highest BCUT2D eigenvalue weighted by Crippen LogP contribution is 2.14. The van der Waals surface area contributed by atoms with Crippen molar-refractivity contribution in [3.05, 3.63) is 24.3 Å². The second kappa shape index (κ2) is 4.21. The van der Waals surface area contributed by atoms with Gasteiger partial charge in [-0.25, -0.2) is 0 Å². The summed E-state index contributed by atoms with van der Waals surface area (Å²) in [7, 11) is 0. The minimum absolute atomic E-state index is 0.214. The molecule has 0 unspecified atom stereocenters. The molecule has 1 aromatic carbocycles. The van der Waals surface area contributed by atoms with E-state index < -0.39 is 0 Å². The number of carbonyl (C=O) groups excluding carboxylic acids is 1. The topological polar surface area (TPSA) is 55.6 Å². The standard InChI is InChI=1S/C11H14N2O2/c12-9-2-1-3-10(8-9)15-7-6-13-5-4-11(13)14/h1-3,8H,4-7,12H2. The van der Waals surface area contributed by atoms with Crippen LogP contribution in [0.25, 0.3) is 0 Å².